The molecule has 1 N–H and O–H groups in total. The standard InChI is InChI=1S/C27H25FN4OS/c1-3-16-32-25(21-12-8-19(2)9-13-21)30-31-27(32)34-18-22-6-4-5-7-24(22)26(33)29-17-20-10-14-23(28)15-11-20/h3-15H,1,16-18H2,2H3,(H,29,33). The van der Waals surface area contributed by atoms with E-state index in [1.807, 2.05) is 54.0 Å². The molecule has 172 valence electrons. The van der Waals surface area contributed by atoms with E-state index in [4.69, 9.17) is 0 Å². The molecule has 0 saturated heterocycles. The molecule has 0 radical (unpaired) electrons. The van der Waals surface area contributed by atoms with Gasteiger partial charge in [-0.2, -0.15) is 0 Å². The zero-order chi connectivity index (χ0) is 23.9. The SMILES string of the molecule is C=CCn1c(SCc2ccccc2C(=O)NCc2ccc(F)cc2)nnc1-c1ccc(C)cc1. The van der Waals surface area contributed by atoms with Crippen molar-refractivity contribution in [2.45, 2.75) is 30.9 Å². The highest BCUT2D eigenvalue weighted by molar-refractivity contribution is 7.98. The second-order valence-electron chi connectivity index (χ2n) is 7.83. The van der Waals surface area contributed by atoms with Crippen molar-refractivity contribution in [3.63, 3.8) is 0 Å². The van der Waals surface area contributed by atoms with Gasteiger partial charge in [0.05, 0.1) is 0 Å². The highest BCUT2D eigenvalue weighted by atomic mass is 32.2. The predicted octanol–water partition coefficient (Wildman–Crippen LogP) is 5.80. The van der Waals surface area contributed by atoms with E-state index in [-0.39, 0.29) is 11.7 Å². The first kappa shape index (κ1) is 23.4. The summed E-state index contributed by atoms with van der Waals surface area (Å²) in [5, 5.41) is 12.5. The Bertz CT molecular complexity index is 1280. The molecule has 0 spiro atoms. The molecule has 4 rings (SSSR count). The third-order valence-corrected chi connectivity index (χ3v) is 6.34. The van der Waals surface area contributed by atoms with Crippen molar-refractivity contribution in [3.05, 3.63) is 114 Å². The minimum Gasteiger partial charge on any atom is -0.348 e. The molecule has 3 aromatic carbocycles. The molecule has 1 amide bonds. The first-order valence-electron chi connectivity index (χ1n) is 10.9. The fourth-order valence-corrected chi connectivity index (χ4v) is 4.45. The topological polar surface area (TPSA) is 59.8 Å². The van der Waals surface area contributed by atoms with Gasteiger partial charge in [0.1, 0.15) is 5.82 Å². The van der Waals surface area contributed by atoms with Crippen LogP contribution in [0, 0.1) is 12.7 Å². The van der Waals surface area contributed by atoms with Gasteiger partial charge in [0, 0.05) is 30.0 Å². The van der Waals surface area contributed by atoms with E-state index < -0.39 is 0 Å². The Hall–Kier alpha value is -3.71. The number of nitrogens with zero attached hydrogens (tertiary/aromatic N) is 3. The molecule has 0 saturated carbocycles. The second kappa shape index (κ2) is 10.9. The number of allylic oxidation sites excluding steroid dienone is 1. The molecule has 4 aromatic rings. The molecule has 7 heteroatoms. The highest BCUT2D eigenvalue weighted by Crippen LogP contribution is 2.28. The molecule has 34 heavy (non-hydrogen) atoms. The summed E-state index contributed by atoms with van der Waals surface area (Å²) in [5.74, 6) is 0.872. The average molecular weight is 473 g/mol. The van der Waals surface area contributed by atoms with Crippen molar-refractivity contribution < 1.29 is 9.18 Å². The second-order valence-corrected chi connectivity index (χ2v) is 8.77. The van der Waals surface area contributed by atoms with Crippen molar-refractivity contribution in [1.29, 1.82) is 0 Å². The van der Waals surface area contributed by atoms with E-state index in [9.17, 15) is 9.18 Å². The lowest BCUT2D eigenvalue weighted by Gasteiger charge is -2.11. The number of carbonyl (C=O) groups excluding carboxylic acids is 1. The Balaban J connectivity index is 1.49. The van der Waals surface area contributed by atoms with Crippen LogP contribution in [0.4, 0.5) is 4.39 Å². The van der Waals surface area contributed by atoms with Crippen LogP contribution in [-0.2, 0) is 18.8 Å². The van der Waals surface area contributed by atoms with Gasteiger partial charge in [-0.15, -0.1) is 16.8 Å². The summed E-state index contributed by atoms with van der Waals surface area (Å²) in [7, 11) is 0. The Morgan fingerprint density at radius 1 is 1.06 bits per heavy atom. The van der Waals surface area contributed by atoms with Crippen molar-refractivity contribution in [2.75, 3.05) is 0 Å². The van der Waals surface area contributed by atoms with Gasteiger partial charge in [0.15, 0.2) is 11.0 Å². The fraction of sp³-hybridized carbons (Fsp3) is 0.148. The van der Waals surface area contributed by atoms with Gasteiger partial charge in [0.25, 0.3) is 5.91 Å². The number of benzene rings is 3. The van der Waals surface area contributed by atoms with Crippen molar-refractivity contribution in [2.24, 2.45) is 0 Å². The molecule has 1 heterocycles. The lowest BCUT2D eigenvalue weighted by Crippen LogP contribution is -2.23. The largest absolute Gasteiger partial charge is 0.348 e. The van der Waals surface area contributed by atoms with Crippen LogP contribution in [0.15, 0.2) is 90.6 Å². The highest BCUT2D eigenvalue weighted by Gasteiger charge is 2.16. The molecule has 5 nitrogen and oxygen atoms in total. The number of amides is 1. The van der Waals surface area contributed by atoms with Crippen molar-refractivity contribution in [1.82, 2.24) is 20.1 Å². The van der Waals surface area contributed by atoms with E-state index in [0.29, 0.717) is 24.4 Å². The van der Waals surface area contributed by atoms with Gasteiger partial charge in [0.2, 0.25) is 0 Å². The molecule has 0 aliphatic rings. The number of halogens is 1. The normalized spacial score (nSPS) is 10.8. The van der Waals surface area contributed by atoms with Crippen LogP contribution in [0.25, 0.3) is 11.4 Å². The van der Waals surface area contributed by atoms with Gasteiger partial charge < -0.3 is 5.32 Å². The van der Waals surface area contributed by atoms with E-state index in [0.717, 1.165) is 27.7 Å². The molecule has 0 aliphatic carbocycles. The van der Waals surface area contributed by atoms with Crippen LogP contribution in [0.3, 0.4) is 0 Å². The number of rotatable bonds is 9. The van der Waals surface area contributed by atoms with E-state index >= 15 is 0 Å². The number of aromatic nitrogens is 3. The van der Waals surface area contributed by atoms with E-state index in [2.05, 4.69) is 34.2 Å². The van der Waals surface area contributed by atoms with Crippen LogP contribution >= 0.6 is 11.8 Å². The van der Waals surface area contributed by atoms with Crippen LogP contribution < -0.4 is 5.32 Å². The minimum atomic E-state index is -0.299. The first-order valence-corrected chi connectivity index (χ1v) is 11.9. The number of hydrogen-bond acceptors (Lipinski definition) is 4. The summed E-state index contributed by atoms with van der Waals surface area (Å²) in [5.41, 5.74) is 4.51. The Morgan fingerprint density at radius 3 is 2.53 bits per heavy atom. The Morgan fingerprint density at radius 2 is 1.79 bits per heavy atom. The van der Waals surface area contributed by atoms with Crippen molar-refractivity contribution in [3.8, 4) is 11.4 Å². The minimum absolute atomic E-state index is 0.173. The predicted molar refractivity (Wildman–Crippen MR) is 134 cm³/mol. The zero-order valence-electron chi connectivity index (χ0n) is 18.9. The summed E-state index contributed by atoms with van der Waals surface area (Å²) in [6.07, 6.45) is 1.82. The van der Waals surface area contributed by atoms with E-state index in [1.165, 1.54) is 29.5 Å². The number of thioether (sulfide) groups is 1. The number of nitrogens with one attached hydrogen (secondary N) is 1. The quantitative estimate of drug-likeness (QED) is 0.247. The average Bonchev–Trinajstić information content (AvgIpc) is 3.25. The fourth-order valence-electron chi connectivity index (χ4n) is 3.50. The molecular formula is C27H25FN4OS. The number of carbonyl (C=O) groups is 1. The summed E-state index contributed by atoms with van der Waals surface area (Å²) in [4.78, 5) is 12.9. The van der Waals surface area contributed by atoms with Crippen LogP contribution in [0.2, 0.25) is 0 Å². The summed E-state index contributed by atoms with van der Waals surface area (Å²) in [6.45, 7) is 6.83. The Labute approximate surface area is 202 Å². The van der Waals surface area contributed by atoms with Gasteiger partial charge in [-0.05, 0) is 36.2 Å². The third-order valence-electron chi connectivity index (χ3n) is 5.32. The summed E-state index contributed by atoms with van der Waals surface area (Å²) in [6, 6.07) is 21.8. The number of aryl methyl sites for hydroxylation is 1. The molecular weight excluding hydrogens is 447 g/mol. The lowest BCUT2D eigenvalue weighted by molar-refractivity contribution is 0.0950. The number of hydrogen-bond donors (Lipinski definition) is 1. The summed E-state index contributed by atoms with van der Waals surface area (Å²) >= 11 is 1.53. The third kappa shape index (κ3) is 5.61. The first-order chi connectivity index (χ1) is 16.5. The maximum atomic E-state index is 13.1. The van der Waals surface area contributed by atoms with Gasteiger partial charge in [-0.1, -0.05) is 78.0 Å². The van der Waals surface area contributed by atoms with Crippen molar-refractivity contribution >= 4 is 17.7 Å². The zero-order valence-corrected chi connectivity index (χ0v) is 19.7. The summed E-state index contributed by atoms with van der Waals surface area (Å²) < 4.78 is 15.1. The van der Waals surface area contributed by atoms with Gasteiger partial charge >= 0.3 is 0 Å². The van der Waals surface area contributed by atoms with Crippen LogP contribution in [-0.4, -0.2) is 20.7 Å². The molecule has 0 bridgehead atoms. The lowest BCUT2D eigenvalue weighted by atomic mass is 10.1. The molecule has 1 aromatic heterocycles. The smallest absolute Gasteiger partial charge is 0.251 e. The van der Waals surface area contributed by atoms with Crippen LogP contribution in [0.5, 0.6) is 0 Å². The Kier molecular flexibility index (Phi) is 7.54. The molecule has 0 fully saturated rings. The maximum absolute atomic E-state index is 13.1. The maximum Gasteiger partial charge on any atom is 0.251 e. The van der Waals surface area contributed by atoms with Gasteiger partial charge in [-0.3, -0.25) is 9.36 Å². The van der Waals surface area contributed by atoms with Crippen LogP contribution in [0.1, 0.15) is 27.0 Å². The van der Waals surface area contributed by atoms with Gasteiger partial charge in [-0.25, -0.2) is 4.39 Å². The van der Waals surface area contributed by atoms with E-state index in [1.54, 1.807) is 12.1 Å². The monoisotopic (exact) mass is 472 g/mol. The molecule has 0 unspecified atom stereocenters. The molecule has 0 atom stereocenters. The molecule has 0 aliphatic heterocycles.